The lowest BCUT2D eigenvalue weighted by Crippen LogP contribution is -2.17. The van der Waals surface area contributed by atoms with Gasteiger partial charge in [0.25, 0.3) is 0 Å². The molecule has 2 aromatic rings. The summed E-state index contributed by atoms with van der Waals surface area (Å²) in [6, 6.07) is 8.10. The van der Waals surface area contributed by atoms with Gasteiger partial charge >= 0.3 is 5.69 Å². The lowest BCUT2D eigenvalue weighted by molar-refractivity contribution is -0.387. The van der Waals surface area contributed by atoms with Crippen LogP contribution in [0.3, 0.4) is 0 Å². The van der Waals surface area contributed by atoms with Gasteiger partial charge in [0.15, 0.2) is 5.03 Å². The fourth-order valence-electron chi connectivity index (χ4n) is 2.69. The molecule has 0 atom stereocenters. The van der Waals surface area contributed by atoms with Crippen molar-refractivity contribution in [1.82, 2.24) is 9.97 Å². The Kier molecular flexibility index (Phi) is 4.76. The Morgan fingerprint density at radius 1 is 1.22 bits per heavy atom. The van der Waals surface area contributed by atoms with Crippen LogP contribution in [-0.2, 0) is 0 Å². The molecule has 1 N–H and O–H groups in total. The smallest absolute Gasteiger partial charge is 0.343 e. The van der Waals surface area contributed by atoms with Crippen LogP contribution in [0.5, 0.6) is 0 Å². The summed E-state index contributed by atoms with van der Waals surface area (Å²) < 4.78 is 0. The second kappa shape index (κ2) is 6.95. The van der Waals surface area contributed by atoms with Crippen LogP contribution in [0.1, 0.15) is 31.2 Å². The van der Waals surface area contributed by atoms with Gasteiger partial charge in [0, 0.05) is 10.9 Å². The molecule has 0 radical (unpaired) electrons. The van der Waals surface area contributed by atoms with Crippen LogP contribution in [-0.4, -0.2) is 20.9 Å². The zero-order valence-corrected chi connectivity index (χ0v) is 13.7. The Hall–Kier alpha value is -2.15. The van der Waals surface area contributed by atoms with Gasteiger partial charge in [-0.1, -0.05) is 42.3 Å². The van der Waals surface area contributed by atoms with E-state index in [-0.39, 0.29) is 11.7 Å². The van der Waals surface area contributed by atoms with Crippen LogP contribution in [0.15, 0.2) is 40.5 Å². The van der Waals surface area contributed by atoms with Crippen LogP contribution in [0.2, 0.25) is 0 Å². The summed E-state index contributed by atoms with van der Waals surface area (Å²) in [7, 11) is 0. The van der Waals surface area contributed by atoms with E-state index in [0.29, 0.717) is 10.8 Å². The van der Waals surface area contributed by atoms with Crippen molar-refractivity contribution in [2.24, 2.45) is 0 Å². The molecule has 0 amide bonds. The fraction of sp³-hybridized carbons (Fsp3) is 0.375. The standard InChI is InChI=1S/C16H18N4O2S/c1-11-6-8-13(9-7-11)23-16-14(20(21)22)15(17-10-18-16)19-12-4-2-3-5-12/h6-10,12H,2-5H2,1H3,(H,17,18,19). The Morgan fingerprint density at radius 3 is 2.57 bits per heavy atom. The molecule has 1 aliphatic carbocycles. The zero-order chi connectivity index (χ0) is 16.2. The second-order valence-electron chi connectivity index (χ2n) is 5.67. The van der Waals surface area contributed by atoms with Crippen LogP contribution in [0, 0.1) is 17.0 Å². The molecular formula is C16H18N4O2S. The normalized spacial score (nSPS) is 14.8. The number of anilines is 1. The van der Waals surface area contributed by atoms with Gasteiger partial charge in [-0.3, -0.25) is 10.1 Å². The summed E-state index contributed by atoms with van der Waals surface area (Å²) in [5.74, 6) is 0.325. The first-order chi connectivity index (χ1) is 11.1. The molecule has 1 fully saturated rings. The highest BCUT2D eigenvalue weighted by molar-refractivity contribution is 7.99. The highest BCUT2D eigenvalue weighted by atomic mass is 32.2. The Balaban J connectivity index is 1.89. The molecule has 6 nitrogen and oxygen atoms in total. The Labute approximate surface area is 138 Å². The lowest BCUT2D eigenvalue weighted by Gasteiger charge is -2.13. The first kappa shape index (κ1) is 15.7. The average molecular weight is 330 g/mol. The predicted molar refractivity (Wildman–Crippen MR) is 89.9 cm³/mol. The first-order valence-corrected chi connectivity index (χ1v) is 8.45. The van der Waals surface area contributed by atoms with Gasteiger partial charge in [-0.05, 0) is 31.9 Å². The molecule has 1 aromatic heterocycles. The molecule has 1 aromatic carbocycles. The molecule has 1 saturated carbocycles. The van der Waals surface area contributed by atoms with E-state index in [4.69, 9.17) is 0 Å². The third-order valence-corrected chi connectivity index (χ3v) is 4.90. The SMILES string of the molecule is Cc1ccc(Sc2ncnc(NC3CCCC3)c2[N+](=O)[O-])cc1. The molecule has 120 valence electrons. The van der Waals surface area contributed by atoms with E-state index in [0.717, 1.165) is 36.1 Å². The topological polar surface area (TPSA) is 81.0 Å². The molecule has 1 heterocycles. The molecule has 1 aliphatic rings. The number of hydrogen-bond acceptors (Lipinski definition) is 6. The molecule has 0 bridgehead atoms. The number of aryl methyl sites for hydroxylation is 1. The fourth-order valence-corrected chi connectivity index (χ4v) is 3.55. The van der Waals surface area contributed by atoms with E-state index in [9.17, 15) is 10.1 Å². The van der Waals surface area contributed by atoms with Crippen molar-refractivity contribution in [3.8, 4) is 0 Å². The quantitative estimate of drug-likeness (QED) is 0.503. The molecule has 3 rings (SSSR count). The lowest BCUT2D eigenvalue weighted by atomic mass is 10.2. The molecular weight excluding hydrogens is 312 g/mol. The highest BCUT2D eigenvalue weighted by Crippen LogP contribution is 2.37. The number of nitrogens with zero attached hydrogens (tertiary/aromatic N) is 3. The second-order valence-corrected chi connectivity index (χ2v) is 6.74. The van der Waals surface area contributed by atoms with E-state index in [2.05, 4.69) is 15.3 Å². The van der Waals surface area contributed by atoms with Crippen molar-refractivity contribution in [2.45, 2.75) is 48.6 Å². The zero-order valence-electron chi connectivity index (χ0n) is 12.9. The van der Waals surface area contributed by atoms with Gasteiger partial charge in [-0.2, -0.15) is 0 Å². The average Bonchev–Trinajstić information content (AvgIpc) is 3.02. The minimum atomic E-state index is -0.395. The molecule has 23 heavy (non-hydrogen) atoms. The maximum absolute atomic E-state index is 11.5. The van der Waals surface area contributed by atoms with Gasteiger partial charge < -0.3 is 5.32 Å². The number of rotatable bonds is 5. The molecule has 0 spiro atoms. The van der Waals surface area contributed by atoms with Gasteiger partial charge in [0.2, 0.25) is 5.82 Å². The van der Waals surface area contributed by atoms with E-state index in [1.165, 1.54) is 18.1 Å². The van der Waals surface area contributed by atoms with E-state index >= 15 is 0 Å². The van der Waals surface area contributed by atoms with E-state index < -0.39 is 4.92 Å². The van der Waals surface area contributed by atoms with Crippen molar-refractivity contribution < 1.29 is 4.92 Å². The van der Waals surface area contributed by atoms with E-state index in [1.807, 2.05) is 31.2 Å². The van der Waals surface area contributed by atoms with Crippen molar-refractivity contribution in [1.29, 1.82) is 0 Å². The number of hydrogen-bond donors (Lipinski definition) is 1. The van der Waals surface area contributed by atoms with Crippen molar-refractivity contribution in [2.75, 3.05) is 5.32 Å². The molecule has 0 saturated heterocycles. The number of nitrogens with one attached hydrogen (secondary N) is 1. The van der Waals surface area contributed by atoms with Crippen LogP contribution in [0.4, 0.5) is 11.5 Å². The summed E-state index contributed by atoms with van der Waals surface area (Å²) in [6.07, 6.45) is 5.76. The summed E-state index contributed by atoms with van der Waals surface area (Å²) in [6.45, 7) is 2.01. The monoisotopic (exact) mass is 330 g/mol. The number of benzene rings is 1. The Bertz CT molecular complexity index is 700. The highest BCUT2D eigenvalue weighted by Gasteiger charge is 2.26. The number of nitro groups is 1. The van der Waals surface area contributed by atoms with Crippen molar-refractivity contribution in [3.63, 3.8) is 0 Å². The minimum absolute atomic E-state index is 0.0371. The van der Waals surface area contributed by atoms with Gasteiger partial charge in [-0.15, -0.1) is 0 Å². The summed E-state index contributed by atoms with van der Waals surface area (Å²) in [5, 5.41) is 15.1. The van der Waals surface area contributed by atoms with Crippen LogP contribution >= 0.6 is 11.8 Å². The summed E-state index contributed by atoms with van der Waals surface area (Å²) in [5.41, 5.74) is 1.11. The largest absolute Gasteiger partial charge is 0.361 e. The third kappa shape index (κ3) is 3.79. The predicted octanol–water partition coefficient (Wildman–Crippen LogP) is 4.20. The third-order valence-electron chi connectivity index (χ3n) is 3.90. The summed E-state index contributed by atoms with van der Waals surface area (Å²) in [4.78, 5) is 20.3. The molecule has 0 unspecified atom stereocenters. The van der Waals surface area contributed by atoms with Gasteiger partial charge in [-0.25, -0.2) is 9.97 Å². The Morgan fingerprint density at radius 2 is 1.91 bits per heavy atom. The van der Waals surface area contributed by atoms with Crippen LogP contribution < -0.4 is 5.32 Å². The maximum Gasteiger partial charge on any atom is 0.343 e. The molecule has 0 aliphatic heterocycles. The first-order valence-electron chi connectivity index (χ1n) is 7.64. The van der Waals surface area contributed by atoms with Crippen molar-refractivity contribution >= 4 is 23.3 Å². The molecule has 7 heteroatoms. The van der Waals surface area contributed by atoms with Crippen LogP contribution in [0.25, 0.3) is 0 Å². The van der Waals surface area contributed by atoms with Gasteiger partial charge in [0.05, 0.1) is 4.92 Å². The van der Waals surface area contributed by atoms with Crippen molar-refractivity contribution in [3.05, 3.63) is 46.3 Å². The summed E-state index contributed by atoms with van der Waals surface area (Å²) >= 11 is 1.29. The maximum atomic E-state index is 11.5. The van der Waals surface area contributed by atoms with Gasteiger partial charge in [0.1, 0.15) is 6.33 Å². The van der Waals surface area contributed by atoms with E-state index in [1.54, 1.807) is 0 Å². The number of aromatic nitrogens is 2. The minimum Gasteiger partial charge on any atom is -0.361 e.